The molecule has 7 nitrogen and oxygen atoms in total. The summed E-state index contributed by atoms with van der Waals surface area (Å²) in [5.74, 6) is 0.694. The number of hydrazone groups is 1. The zero-order valence-electron chi connectivity index (χ0n) is 13.5. The van der Waals surface area contributed by atoms with Crippen LogP contribution in [-0.2, 0) is 10.0 Å². The van der Waals surface area contributed by atoms with E-state index in [9.17, 15) is 13.5 Å². The van der Waals surface area contributed by atoms with Crippen LogP contribution in [0.25, 0.3) is 0 Å². The normalized spacial score (nSPS) is 11.9. The lowest BCUT2D eigenvalue weighted by molar-refractivity contribution is 0.386. The van der Waals surface area contributed by atoms with Gasteiger partial charge in [-0.25, -0.2) is 0 Å². The molecule has 128 valence electrons. The fourth-order valence-electron chi connectivity index (χ4n) is 1.97. The van der Waals surface area contributed by atoms with Gasteiger partial charge >= 0.3 is 0 Å². The van der Waals surface area contributed by atoms with E-state index in [1.54, 1.807) is 19.1 Å². The van der Waals surface area contributed by atoms with Crippen LogP contribution in [0.5, 0.6) is 17.2 Å². The maximum atomic E-state index is 12.4. The van der Waals surface area contributed by atoms with Crippen molar-refractivity contribution >= 4 is 15.7 Å². The van der Waals surface area contributed by atoms with E-state index >= 15 is 0 Å². The summed E-state index contributed by atoms with van der Waals surface area (Å²) in [4.78, 5) is 2.11. The van der Waals surface area contributed by atoms with E-state index in [-0.39, 0.29) is 16.4 Å². The van der Waals surface area contributed by atoms with Gasteiger partial charge in [0.1, 0.15) is 22.1 Å². The Labute approximate surface area is 140 Å². The van der Waals surface area contributed by atoms with Crippen molar-refractivity contribution in [3.05, 3.63) is 48.0 Å². The molecule has 2 aromatic rings. The molecule has 24 heavy (non-hydrogen) atoms. The standard InChI is InChI=1S/C16H18N2O5S/c1-11(12-5-4-6-13(19)9-12)17-18-24(20,21)16-8-7-14(22-2)10-15(16)23-3/h4-10,18-19H,1-3H3. The Balaban J connectivity index is 2.30. The molecule has 0 fully saturated rings. The van der Waals surface area contributed by atoms with Gasteiger partial charge in [0.05, 0.1) is 19.9 Å². The molecule has 2 N–H and O–H groups in total. The van der Waals surface area contributed by atoms with E-state index in [4.69, 9.17) is 9.47 Å². The minimum atomic E-state index is -3.92. The number of sulfonamides is 1. The number of methoxy groups -OCH3 is 2. The third kappa shape index (κ3) is 3.96. The van der Waals surface area contributed by atoms with Gasteiger partial charge in [0, 0.05) is 11.6 Å². The van der Waals surface area contributed by atoms with Crippen molar-refractivity contribution in [2.24, 2.45) is 5.10 Å². The fourth-order valence-corrected chi connectivity index (χ4v) is 2.98. The van der Waals surface area contributed by atoms with Crippen LogP contribution in [0, 0.1) is 0 Å². The first kappa shape index (κ1) is 17.6. The Morgan fingerprint density at radius 1 is 1.12 bits per heavy atom. The fraction of sp³-hybridized carbons (Fsp3) is 0.188. The lowest BCUT2D eigenvalue weighted by Gasteiger charge is -2.11. The van der Waals surface area contributed by atoms with Crippen molar-refractivity contribution in [3.8, 4) is 17.2 Å². The van der Waals surface area contributed by atoms with Crippen LogP contribution in [0.4, 0.5) is 0 Å². The van der Waals surface area contributed by atoms with Gasteiger partial charge in [-0.15, -0.1) is 0 Å². The molecular weight excluding hydrogens is 332 g/mol. The molecule has 0 unspecified atom stereocenters. The molecule has 0 bridgehead atoms. The Morgan fingerprint density at radius 3 is 2.50 bits per heavy atom. The average molecular weight is 350 g/mol. The Kier molecular flexibility index (Phi) is 5.30. The van der Waals surface area contributed by atoms with Crippen molar-refractivity contribution in [1.82, 2.24) is 4.83 Å². The molecular formula is C16H18N2O5S. The highest BCUT2D eigenvalue weighted by Crippen LogP contribution is 2.28. The number of hydrogen-bond acceptors (Lipinski definition) is 6. The van der Waals surface area contributed by atoms with Gasteiger partial charge in [0.15, 0.2) is 0 Å². The lowest BCUT2D eigenvalue weighted by atomic mass is 10.1. The van der Waals surface area contributed by atoms with Gasteiger partial charge in [-0.1, -0.05) is 12.1 Å². The SMILES string of the molecule is COc1ccc(S(=O)(=O)NN=C(C)c2cccc(O)c2)c(OC)c1. The van der Waals surface area contributed by atoms with Crippen LogP contribution >= 0.6 is 0 Å². The molecule has 0 aliphatic heterocycles. The summed E-state index contributed by atoms with van der Waals surface area (Å²) in [5.41, 5.74) is 1.00. The van der Waals surface area contributed by atoms with E-state index in [0.717, 1.165) is 0 Å². The molecule has 0 radical (unpaired) electrons. The first-order valence-corrected chi connectivity index (χ1v) is 8.43. The number of aromatic hydroxyl groups is 1. The largest absolute Gasteiger partial charge is 0.508 e. The Bertz CT molecular complexity index is 863. The zero-order valence-corrected chi connectivity index (χ0v) is 14.3. The molecule has 0 aliphatic rings. The van der Waals surface area contributed by atoms with E-state index in [0.29, 0.717) is 17.0 Å². The smallest absolute Gasteiger partial charge is 0.280 e. The second kappa shape index (κ2) is 7.22. The van der Waals surface area contributed by atoms with Crippen LogP contribution in [0.1, 0.15) is 12.5 Å². The van der Waals surface area contributed by atoms with Crippen molar-refractivity contribution < 1.29 is 23.0 Å². The van der Waals surface area contributed by atoms with Gasteiger partial charge in [-0.3, -0.25) is 0 Å². The first-order chi connectivity index (χ1) is 11.4. The number of hydrogen-bond donors (Lipinski definition) is 2. The lowest BCUT2D eigenvalue weighted by Crippen LogP contribution is -2.20. The average Bonchev–Trinajstić information content (AvgIpc) is 2.59. The van der Waals surface area contributed by atoms with E-state index in [1.807, 2.05) is 0 Å². The second-order valence-electron chi connectivity index (χ2n) is 4.86. The molecule has 2 aromatic carbocycles. The van der Waals surface area contributed by atoms with Crippen molar-refractivity contribution in [2.75, 3.05) is 14.2 Å². The monoisotopic (exact) mass is 350 g/mol. The molecule has 0 saturated heterocycles. The van der Waals surface area contributed by atoms with E-state index in [1.165, 1.54) is 44.6 Å². The number of nitrogens with zero attached hydrogens (tertiary/aromatic N) is 1. The maximum absolute atomic E-state index is 12.4. The zero-order chi connectivity index (χ0) is 17.7. The predicted octanol–water partition coefficient (Wildman–Crippen LogP) is 2.11. The number of ether oxygens (including phenoxy) is 2. The third-order valence-corrected chi connectivity index (χ3v) is 4.51. The molecule has 2 rings (SSSR count). The highest BCUT2D eigenvalue weighted by atomic mass is 32.2. The summed E-state index contributed by atoms with van der Waals surface area (Å²) in [7, 11) is -1.08. The minimum absolute atomic E-state index is 0.0572. The van der Waals surface area contributed by atoms with Crippen molar-refractivity contribution in [3.63, 3.8) is 0 Å². The molecule has 0 spiro atoms. The Morgan fingerprint density at radius 2 is 1.88 bits per heavy atom. The van der Waals surface area contributed by atoms with Crippen molar-refractivity contribution in [2.45, 2.75) is 11.8 Å². The third-order valence-electron chi connectivity index (χ3n) is 3.26. The summed E-state index contributed by atoms with van der Waals surface area (Å²) in [6.45, 7) is 1.63. The molecule has 0 aliphatic carbocycles. The summed E-state index contributed by atoms with van der Waals surface area (Å²) in [6, 6.07) is 10.7. The second-order valence-corrected chi connectivity index (χ2v) is 6.49. The number of rotatable bonds is 6. The molecule has 0 aromatic heterocycles. The van der Waals surface area contributed by atoms with Gasteiger partial charge < -0.3 is 14.6 Å². The highest BCUT2D eigenvalue weighted by Gasteiger charge is 2.19. The number of phenolic OH excluding ortho intramolecular Hbond substituents is 1. The summed E-state index contributed by atoms with van der Waals surface area (Å²) >= 11 is 0. The van der Waals surface area contributed by atoms with Gasteiger partial charge in [0.2, 0.25) is 0 Å². The molecule has 8 heteroatoms. The first-order valence-electron chi connectivity index (χ1n) is 6.95. The quantitative estimate of drug-likeness (QED) is 0.614. The summed E-state index contributed by atoms with van der Waals surface area (Å²) in [5, 5.41) is 13.3. The van der Waals surface area contributed by atoms with Crippen molar-refractivity contribution in [1.29, 1.82) is 0 Å². The van der Waals surface area contributed by atoms with Gasteiger partial charge in [-0.05, 0) is 31.2 Å². The van der Waals surface area contributed by atoms with Crippen LogP contribution in [0.15, 0.2) is 52.5 Å². The highest BCUT2D eigenvalue weighted by molar-refractivity contribution is 7.89. The topological polar surface area (TPSA) is 97.2 Å². The van der Waals surface area contributed by atoms with Crippen LogP contribution in [0.2, 0.25) is 0 Å². The predicted molar refractivity (Wildman–Crippen MR) is 90.2 cm³/mol. The van der Waals surface area contributed by atoms with E-state index < -0.39 is 10.0 Å². The molecule has 0 atom stereocenters. The van der Waals surface area contributed by atoms with Crippen LogP contribution in [0.3, 0.4) is 0 Å². The molecule has 0 amide bonds. The van der Waals surface area contributed by atoms with Crippen LogP contribution in [-0.4, -0.2) is 33.5 Å². The summed E-state index contributed by atoms with van der Waals surface area (Å²) < 4.78 is 35.0. The summed E-state index contributed by atoms with van der Waals surface area (Å²) in [6.07, 6.45) is 0. The van der Waals surface area contributed by atoms with E-state index in [2.05, 4.69) is 9.93 Å². The number of nitrogens with one attached hydrogen (secondary N) is 1. The molecule has 0 heterocycles. The minimum Gasteiger partial charge on any atom is -0.508 e. The van der Waals surface area contributed by atoms with Crippen LogP contribution < -0.4 is 14.3 Å². The Hall–Kier alpha value is -2.74. The maximum Gasteiger partial charge on any atom is 0.280 e. The molecule has 0 saturated carbocycles. The number of phenols is 1. The van der Waals surface area contributed by atoms with Gasteiger partial charge in [0.25, 0.3) is 10.0 Å². The number of benzene rings is 2. The van der Waals surface area contributed by atoms with Gasteiger partial charge in [-0.2, -0.15) is 18.4 Å².